The maximum absolute atomic E-state index is 13.2. The molecule has 1 amide bonds. The molecule has 0 unspecified atom stereocenters. The van der Waals surface area contributed by atoms with Crippen LogP contribution < -0.4 is 5.73 Å². The van der Waals surface area contributed by atoms with Crippen LogP contribution in [0.4, 0.5) is 4.39 Å². The number of rotatable bonds is 4. The fourth-order valence-corrected chi connectivity index (χ4v) is 2.45. The number of benzene rings is 1. The molecule has 1 aliphatic heterocycles. The number of piperazine rings is 1. The van der Waals surface area contributed by atoms with E-state index >= 15 is 0 Å². The molecule has 1 saturated heterocycles. The van der Waals surface area contributed by atoms with Crippen LogP contribution in [-0.2, 0) is 0 Å². The summed E-state index contributed by atoms with van der Waals surface area (Å²) >= 11 is 0. The highest BCUT2D eigenvalue weighted by atomic mass is 19.1. The average molecular weight is 279 g/mol. The molecule has 0 bridgehead atoms. The summed E-state index contributed by atoms with van der Waals surface area (Å²) in [6.07, 6.45) is 0.991. The van der Waals surface area contributed by atoms with Gasteiger partial charge in [0, 0.05) is 31.7 Å². The Hall–Kier alpha value is -1.46. The summed E-state index contributed by atoms with van der Waals surface area (Å²) < 4.78 is 13.2. The van der Waals surface area contributed by atoms with E-state index in [-0.39, 0.29) is 11.7 Å². The lowest BCUT2D eigenvalue weighted by Gasteiger charge is -2.34. The molecule has 2 N–H and O–H groups in total. The molecule has 5 heteroatoms. The smallest absolute Gasteiger partial charge is 0.253 e. The molecule has 1 aromatic rings. The van der Waals surface area contributed by atoms with E-state index in [2.05, 4.69) is 4.90 Å². The van der Waals surface area contributed by atoms with Gasteiger partial charge in [-0.25, -0.2) is 4.39 Å². The molecule has 2 rings (SSSR count). The molecule has 0 radical (unpaired) electrons. The van der Waals surface area contributed by atoms with Crippen molar-refractivity contribution in [2.45, 2.75) is 13.3 Å². The second kappa shape index (κ2) is 6.81. The van der Waals surface area contributed by atoms with Crippen LogP contribution in [0.1, 0.15) is 22.3 Å². The van der Waals surface area contributed by atoms with Crippen molar-refractivity contribution in [1.29, 1.82) is 0 Å². The van der Waals surface area contributed by atoms with Crippen LogP contribution in [-0.4, -0.2) is 55.0 Å². The lowest BCUT2D eigenvalue weighted by Crippen LogP contribution is -2.49. The van der Waals surface area contributed by atoms with Crippen LogP contribution in [0.15, 0.2) is 18.2 Å². The standard InChI is InChI=1S/C15H22FN3O/c1-12-11-13(3-4-14(12)16)15(20)19-9-7-18(8-10-19)6-2-5-17/h3-4,11H,2,5-10,17H2,1H3. The normalized spacial score (nSPS) is 16.4. The molecule has 1 fully saturated rings. The summed E-state index contributed by atoms with van der Waals surface area (Å²) in [7, 11) is 0. The number of aryl methyl sites for hydroxylation is 1. The zero-order chi connectivity index (χ0) is 14.5. The van der Waals surface area contributed by atoms with Gasteiger partial charge < -0.3 is 10.6 Å². The Morgan fingerprint density at radius 1 is 1.30 bits per heavy atom. The van der Waals surface area contributed by atoms with Crippen LogP contribution in [0.5, 0.6) is 0 Å². The second-order valence-electron chi connectivity index (χ2n) is 5.24. The summed E-state index contributed by atoms with van der Waals surface area (Å²) in [5.41, 5.74) is 6.58. The van der Waals surface area contributed by atoms with Crippen molar-refractivity contribution in [3.8, 4) is 0 Å². The van der Waals surface area contributed by atoms with E-state index in [1.807, 2.05) is 4.90 Å². The summed E-state index contributed by atoms with van der Waals surface area (Å²) in [6, 6.07) is 4.55. The van der Waals surface area contributed by atoms with Crippen LogP contribution in [0.2, 0.25) is 0 Å². The average Bonchev–Trinajstić information content (AvgIpc) is 2.48. The number of amides is 1. The van der Waals surface area contributed by atoms with E-state index in [1.165, 1.54) is 6.07 Å². The predicted octanol–water partition coefficient (Wildman–Crippen LogP) is 1.24. The minimum atomic E-state index is -0.270. The molecule has 1 aliphatic rings. The van der Waals surface area contributed by atoms with Gasteiger partial charge in [-0.05, 0) is 50.2 Å². The monoisotopic (exact) mass is 279 g/mol. The maximum Gasteiger partial charge on any atom is 0.253 e. The van der Waals surface area contributed by atoms with Gasteiger partial charge in [0.25, 0.3) is 5.91 Å². The van der Waals surface area contributed by atoms with Gasteiger partial charge in [-0.3, -0.25) is 9.69 Å². The highest BCUT2D eigenvalue weighted by Crippen LogP contribution is 2.13. The van der Waals surface area contributed by atoms with Crippen LogP contribution in [0, 0.1) is 12.7 Å². The van der Waals surface area contributed by atoms with Gasteiger partial charge >= 0.3 is 0 Å². The number of hydrogen-bond acceptors (Lipinski definition) is 3. The molecule has 0 aliphatic carbocycles. The summed E-state index contributed by atoms with van der Waals surface area (Å²) in [5.74, 6) is -0.278. The second-order valence-corrected chi connectivity index (χ2v) is 5.24. The van der Waals surface area contributed by atoms with Gasteiger partial charge in [-0.1, -0.05) is 0 Å². The highest BCUT2D eigenvalue weighted by molar-refractivity contribution is 5.94. The Labute approximate surface area is 119 Å². The Morgan fingerprint density at radius 2 is 2.00 bits per heavy atom. The van der Waals surface area contributed by atoms with Crippen LogP contribution >= 0.6 is 0 Å². The topological polar surface area (TPSA) is 49.6 Å². The zero-order valence-corrected chi connectivity index (χ0v) is 11.9. The van der Waals surface area contributed by atoms with Crippen molar-refractivity contribution in [3.05, 3.63) is 35.1 Å². The molecular weight excluding hydrogens is 257 g/mol. The van der Waals surface area contributed by atoms with Gasteiger partial charge in [0.15, 0.2) is 0 Å². The number of carbonyl (C=O) groups is 1. The first-order chi connectivity index (χ1) is 9.61. The third kappa shape index (κ3) is 3.55. The van der Waals surface area contributed by atoms with Crippen molar-refractivity contribution >= 4 is 5.91 Å². The number of hydrogen-bond donors (Lipinski definition) is 1. The molecule has 110 valence electrons. The van der Waals surface area contributed by atoms with Crippen molar-refractivity contribution in [1.82, 2.24) is 9.80 Å². The number of nitrogens with zero attached hydrogens (tertiary/aromatic N) is 2. The first-order valence-corrected chi connectivity index (χ1v) is 7.09. The van der Waals surface area contributed by atoms with Gasteiger partial charge in [-0.15, -0.1) is 0 Å². The van der Waals surface area contributed by atoms with E-state index in [4.69, 9.17) is 5.73 Å². The minimum absolute atomic E-state index is 0.00780. The third-order valence-corrected chi connectivity index (χ3v) is 3.74. The van der Waals surface area contributed by atoms with E-state index in [0.717, 1.165) is 39.1 Å². The molecule has 0 aromatic heterocycles. The summed E-state index contributed by atoms with van der Waals surface area (Å²) in [5, 5.41) is 0. The van der Waals surface area contributed by atoms with Crippen molar-refractivity contribution in [3.63, 3.8) is 0 Å². The number of halogens is 1. The lowest BCUT2D eigenvalue weighted by atomic mass is 10.1. The van der Waals surface area contributed by atoms with E-state index in [1.54, 1.807) is 19.1 Å². The highest BCUT2D eigenvalue weighted by Gasteiger charge is 2.22. The molecule has 1 aromatic carbocycles. The van der Waals surface area contributed by atoms with Gasteiger partial charge in [0.1, 0.15) is 5.82 Å². The van der Waals surface area contributed by atoms with Crippen molar-refractivity contribution in [2.24, 2.45) is 5.73 Å². The fourth-order valence-electron chi connectivity index (χ4n) is 2.45. The van der Waals surface area contributed by atoms with Gasteiger partial charge in [0.2, 0.25) is 0 Å². The Balaban J connectivity index is 1.92. The third-order valence-electron chi connectivity index (χ3n) is 3.74. The number of carbonyl (C=O) groups excluding carboxylic acids is 1. The molecule has 4 nitrogen and oxygen atoms in total. The van der Waals surface area contributed by atoms with E-state index in [9.17, 15) is 9.18 Å². The molecule has 0 spiro atoms. The predicted molar refractivity (Wildman–Crippen MR) is 77.2 cm³/mol. The first-order valence-electron chi connectivity index (χ1n) is 7.09. The molecule has 0 saturated carbocycles. The van der Waals surface area contributed by atoms with Gasteiger partial charge in [-0.2, -0.15) is 0 Å². The van der Waals surface area contributed by atoms with Crippen LogP contribution in [0.3, 0.4) is 0 Å². The SMILES string of the molecule is Cc1cc(C(=O)N2CCN(CCCN)CC2)ccc1F. The first kappa shape index (κ1) is 14.9. The quantitative estimate of drug-likeness (QED) is 0.902. The molecular formula is C15H22FN3O. The minimum Gasteiger partial charge on any atom is -0.336 e. The summed E-state index contributed by atoms with van der Waals surface area (Å²) in [6.45, 7) is 6.58. The van der Waals surface area contributed by atoms with E-state index in [0.29, 0.717) is 17.7 Å². The molecule has 1 heterocycles. The maximum atomic E-state index is 13.2. The molecule has 0 atom stereocenters. The fraction of sp³-hybridized carbons (Fsp3) is 0.533. The van der Waals surface area contributed by atoms with Gasteiger partial charge in [0.05, 0.1) is 0 Å². The lowest BCUT2D eigenvalue weighted by molar-refractivity contribution is 0.0636. The number of nitrogens with two attached hydrogens (primary N) is 1. The molecule has 20 heavy (non-hydrogen) atoms. The largest absolute Gasteiger partial charge is 0.336 e. The van der Waals surface area contributed by atoms with E-state index < -0.39 is 0 Å². The van der Waals surface area contributed by atoms with Crippen molar-refractivity contribution in [2.75, 3.05) is 39.3 Å². The Morgan fingerprint density at radius 3 is 2.60 bits per heavy atom. The van der Waals surface area contributed by atoms with Crippen molar-refractivity contribution < 1.29 is 9.18 Å². The Kier molecular flexibility index (Phi) is 5.09. The zero-order valence-electron chi connectivity index (χ0n) is 11.9. The summed E-state index contributed by atoms with van der Waals surface area (Å²) in [4.78, 5) is 16.5. The van der Waals surface area contributed by atoms with Crippen LogP contribution in [0.25, 0.3) is 0 Å². The Bertz CT molecular complexity index is 470.